The number of hydrogen-bond donors (Lipinski definition) is 3. The molecule has 2 aliphatic carbocycles. The van der Waals surface area contributed by atoms with Gasteiger partial charge in [-0.05, 0) is 131 Å². The van der Waals surface area contributed by atoms with Crippen molar-refractivity contribution in [2.24, 2.45) is 24.8 Å². The molecule has 1 atom stereocenters. The average molecular weight is 999 g/mol. The van der Waals surface area contributed by atoms with E-state index in [4.69, 9.17) is 0 Å². The summed E-state index contributed by atoms with van der Waals surface area (Å²) in [6, 6.07) is 14.9. The molecule has 2 aromatic carbocycles. The van der Waals surface area contributed by atoms with Gasteiger partial charge in [0.1, 0.15) is 22.8 Å². The minimum absolute atomic E-state index is 0.0593. The van der Waals surface area contributed by atoms with Crippen molar-refractivity contribution in [3.63, 3.8) is 0 Å². The van der Waals surface area contributed by atoms with E-state index >= 15 is 4.39 Å². The van der Waals surface area contributed by atoms with Gasteiger partial charge in [-0.2, -0.15) is 0 Å². The molecule has 17 nitrogen and oxygen atoms in total. The van der Waals surface area contributed by atoms with Crippen LogP contribution in [0.5, 0.6) is 0 Å². The van der Waals surface area contributed by atoms with E-state index in [9.17, 15) is 33.6 Å². The molecule has 3 N–H and O–H groups in total. The Morgan fingerprint density at radius 1 is 0.795 bits per heavy atom. The topological polar surface area (TPSA) is 193 Å². The zero-order valence-corrected chi connectivity index (χ0v) is 42.5. The number of nitrogens with one attached hydrogen (secondary N) is 3. The number of imide groups is 1. The Morgan fingerprint density at radius 2 is 1.51 bits per heavy atom. The fourth-order valence-corrected chi connectivity index (χ4v) is 11.2. The summed E-state index contributed by atoms with van der Waals surface area (Å²) in [4.78, 5) is 106. The van der Waals surface area contributed by atoms with Crippen LogP contribution in [-0.2, 0) is 26.2 Å². The van der Waals surface area contributed by atoms with Gasteiger partial charge in [0.15, 0.2) is 0 Å². The van der Waals surface area contributed by atoms with Crippen LogP contribution in [0, 0.1) is 37.4 Å². The lowest BCUT2D eigenvalue weighted by Gasteiger charge is -2.40. The molecule has 2 saturated carbocycles. The number of pyridine rings is 2. The van der Waals surface area contributed by atoms with Gasteiger partial charge in [0.2, 0.25) is 23.6 Å². The number of amides is 4. The maximum atomic E-state index is 15.2. The number of fused-ring (bicyclic) bond motifs is 1. The van der Waals surface area contributed by atoms with E-state index in [1.807, 2.05) is 30.9 Å². The number of anilines is 4. The van der Waals surface area contributed by atoms with Gasteiger partial charge >= 0.3 is 5.69 Å². The van der Waals surface area contributed by atoms with E-state index in [1.165, 1.54) is 32.9 Å². The van der Waals surface area contributed by atoms with Gasteiger partial charge in [0.25, 0.3) is 11.1 Å². The van der Waals surface area contributed by atoms with Crippen molar-refractivity contribution in [1.29, 1.82) is 0 Å². The summed E-state index contributed by atoms with van der Waals surface area (Å²) in [5.74, 6) is -0.359. The maximum Gasteiger partial charge on any atom is 0.336 e. The molecule has 5 aromatic rings. The van der Waals surface area contributed by atoms with Crippen LogP contribution in [0.1, 0.15) is 107 Å². The SMILES string of the molecule is CC.Cc1ccc(Nc2c3c(=O)n(C4CC4)c(=O)n(-c4cccc(NC(=O)C5CCC(C(=O)N6CCN(CC7CCN(c8cc(C9CCC(=O)NC9=O)ccn8)CC7)CC6)CC5)c4)c3c(C)c(=O)n2C)c(F)c1. The number of piperidine rings is 2. The molecule has 18 heteroatoms. The molecular formula is C55H67FN10O7. The molecule has 5 fully saturated rings. The van der Waals surface area contributed by atoms with Gasteiger partial charge in [-0.15, -0.1) is 0 Å². The number of nitrogens with zero attached hydrogens (tertiary/aromatic N) is 7. The quantitative estimate of drug-likeness (QED) is 0.124. The molecule has 0 spiro atoms. The van der Waals surface area contributed by atoms with Crippen LogP contribution in [0.3, 0.4) is 0 Å². The number of piperazine rings is 1. The number of aryl methyl sites for hydroxylation is 2. The van der Waals surface area contributed by atoms with E-state index in [0.29, 0.717) is 87.3 Å². The monoisotopic (exact) mass is 999 g/mol. The van der Waals surface area contributed by atoms with Gasteiger partial charge in [0, 0.05) is 94.6 Å². The molecule has 3 aliphatic heterocycles. The number of aromatic nitrogens is 4. The average Bonchev–Trinajstić information content (AvgIpc) is 4.24. The number of benzene rings is 2. The van der Waals surface area contributed by atoms with Crippen LogP contribution in [0.2, 0.25) is 0 Å². The molecule has 6 heterocycles. The summed E-state index contributed by atoms with van der Waals surface area (Å²) in [7, 11) is 1.50. The molecule has 3 aromatic heterocycles. The highest BCUT2D eigenvalue weighted by Crippen LogP contribution is 2.36. The molecule has 5 aliphatic rings. The fourth-order valence-electron chi connectivity index (χ4n) is 11.2. The third-order valence-corrected chi connectivity index (χ3v) is 15.5. The van der Waals surface area contributed by atoms with Crippen molar-refractivity contribution in [1.82, 2.24) is 33.8 Å². The van der Waals surface area contributed by atoms with Crippen molar-refractivity contribution in [2.75, 3.05) is 61.3 Å². The Hall–Kier alpha value is -6.95. The standard InChI is InChI=1S/C53H61FN10O7.C2H6/c1-31-7-15-42(41(54)27-31)57-47-45-46(32(2)50(68)59(47)3)63(53(71)64(52(45)70)38-12-13-38)39-6-4-5-37(29-39)56-48(66)34-8-10-35(11-9-34)51(69)62-25-23-60(24-26-62)30-33-18-21-61(22-19-33)43-28-36(17-20-55-43)40-14-16-44(65)58-49(40)67;1-2/h4-7,15,17,20,27-29,33-35,38,40,57H,8-14,16,18-19,21-26,30H2,1-3H3,(H,56,66)(H,58,65,67);1-2H3. The van der Waals surface area contributed by atoms with Crippen LogP contribution in [0.25, 0.3) is 16.6 Å². The maximum absolute atomic E-state index is 15.2. The predicted molar refractivity (Wildman–Crippen MR) is 279 cm³/mol. The fraction of sp³-hybridized carbons (Fsp3) is 0.491. The van der Waals surface area contributed by atoms with Crippen LogP contribution in [0.15, 0.2) is 75.2 Å². The summed E-state index contributed by atoms with van der Waals surface area (Å²) in [5.41, 5.74) is 1.07. The van der Waals surface area contributed by atoms with Crippen molar-refractivity contribution in [3.05, 3.63) is 114 Å². The Balaban J connectivity index is 0.00000324. The van der Waals surface area contributed by atoms with E-state index in [2.05, 4.69) is 30.7 Å². The van der Waals surface area contributed by atoms with Gasteiger partial charge < -0.3 is 20.4 Å². The van der Waals surface area contributed by atoms with Crippen LogP contribution in [-0.4, -0.2) is 97.9 Å². The number of rotatable bonds is 11. The Bertz CT molecular complexity index is 3120. The highest BCUT2D eigenvalue weighted by atomic mass is 19.1. The summed E-state index contributed by atoms with van der Waals surface area (Å²) < 4.78 is 19.0. The zero-order valence-electron chi connectivity index (χ0n) is 42.5. The lowest BCUT2D eigenvalue weighted by atomic mass is 9.80. The third-order valence-electron chi connectivity index (χ3n) is 15.5. The first-order valence-corrected chi connectivity index (χ1v) is 26.1. The van der Waals surface area contributed by atoms with Gasteiger partial charge in [-0.25, -0.2) is 14.2 Å². The second-order valence-electron chi connectivity index (χ2n) is 20.3. The molecule has 0 bridgehead atoms. The number of halogens is 1. The molecule has 0 radical (unpaired) electrons. The van der Waals surface area contributed by atoms with Crippen molar-refractivity contribution in [3.8, 4) is 5.69 Å². The van der Waals surface area contributed by atoms with Gasteiger partial charge in [-0.1, -0.05) is 26.0 Å². The minimum atomic E-state index is -0.606. The molecule has 386 valence electrons. The Labute approximate surface area is 423 Å². The molecule has 73 heavy (non-hydrogen) atoms. The summed E-state index contributed by atoms with van der Waals surface area (Å²) >= 11 is 0. The first kappa shape index (κ1) is 51.0. The Kier molecular flexibility index (Phi) is 15.1. The second kappa shape index (κ2) is 21.6. The molecular weight excluding hydrogens is 932 g/mol. The highest BCUT2D eigenvalue weighted by molar-refractivity contribution is 6.01. The zero-order chi connectivity index (χ0) is 51.7. The lowest BCUT2D eigenvalue weighted by molar-refractivity contribution is -0.139. The van der Waals surface area contributed by atoms with E-state index in [1.54, 1.807) is 50.4 Å². The first-order valence-electron chi connectivity index (χ1n) is 26.1. The van der Waals surface area contributed by atoms with Crippen LogP contribution >= 0.6 is 0 Å². The van der Waals surface area contributed by atoms with Gasteiger partial charge in [-0.3, -0.25) is 52.7 Å². The molecule has 10 rings (SSSR count). The van der Waals surface area contributed by atoms with E-state index < -0.39 is 22.6 Å². The predicted octanol–water partition coefficient (Wildman–Crippen LogP) is 6.43. The van der Waals surface area contributed by atoms with E-state index in [0.717, 1.165) is 56.9 Å². The van der Waals surface area contributed by atoms with Crippen LogP contribution < -0.4 is 37.7 Å². The minimum Gasteiger partial charge on any atom is -0.357 e. The summed E-state index contributed by atoms with van der Waals surface area (Å²) in [6.07, 6.45) is 8.28. The lowest BCUT2D eigenvalue weighted by Crippen LogP contribution is -2.52. The largest absolute Gasteiger partial charge is 0.357 e. The third kappa shape index (κ3) is 10.6. The van der Waals surface area contributed by atoms with Crippen LogP contribution in [0.4, 0.5) is 27.4 Å². The first-order chi connectivity index (χ1) is 35.2. The van der Waals surface area contributed by atoms with Crippen molar-refractivity contribution in [2.45, 2.75) is 104 Å². The molecule has 3 saturated heterocycles. The second-order valence-corrected chi connectivity index (χ2v) is 20.3. The number of carbonyl (C=O) groups excluding carboxylic acids is 4. The summed E-state index contributed by atoms with van der Waals surface area (Å²) in [5, 5.41) is 8.56. The normalized spacial score (nSPS) is 20.8. The van der Waals surface area contributed by atoms with Gasteiger partial charge in [0.05, 0.1) is 22.8 Å². The highest BCUT2D eigenvalue weighted by Gasteiger charge is 2.36. The van der Waals surface area contributed by atoms with Crippen molar-refractivity contribution >= 4 is 57.5 Å². The number of carbonyl (C=O) groups is 4. The smallest absolute Gasteiger partial charge is 0.336 e. The molecule has 4 amide bonds. The van der Waals surface area contributed by atoms with E-state index in [-0.39, 0.29) is 75.4 Å². The summed E-state index contributed by atoms with van der Waals surface area (Å²) in [6.45, 7) is 13.1. The number of hydrogen-bond acceptors (Lipinski definition) is 11. The van der Waals surface area contributed by atoms with Crippen molar-refractivity contribution < 1.29 is 23.6 Å². The Morgan fingerprint density at radius 3 is 2.19 bits per heavy atom. The molecule has 1 unspecified atom stereocenters.